The van der Waals surface area contributed by atoms with Crippen molar-refractivity contribution in [2.45, 2.75) is 45.3 Å². The lowest BCUT2D eigenvalue weighted by Crippen LogP contribution is -2.42. The number of carbonyl (C=O) groups is 1. The molecule has 1 heterocycles. The topological polar surface area (TPSA) is 50.4 Å². The minimum absolute atomic E-state index is 0.0138. The van der Waals surface area contributed by atoms with Gasteiger partial charge in [0.2, 0.25) is 0 Å². The number of halogens is 1. The zero-order chi connectivity index (χ0) is 15.6. The van der Waals surface area contributed by atoms with Gasteiger partial charge in [-0.05, 0) is 44.9 Å². The van der Waals surface area contributed by atoms with E-state index >= 15 is 0 Å². The molecule has 0 spiro atoms. The van der Waals surface area contributed by atoms with E-state index in [9.17, 15) is 4.79 Å². The van der Waals surface area contributed by atoms with Crippen molar-refractivity contribution in [2.75, 3.05) is 13.1 Å². The average molecular weight is 311 g/mol. The summed E-state index contributed by atoms with van der Waals surface area (Å²) in [4.78, 5) is 11.9. The molecule has 21 heavy (non-hydrogen) atoms. The van der Waals surface area contributed by atoms with Crippen molar-refractivity contribution in [1.29, 1.82) is 0 Å². The van der Waals surface area contributed by atoms with Gasteiger partial charge in [-0.15, -0.1) is 0 Å². The van der Waals surface area contributed by atoms with Gasteiger partial charge in [-0.2, -0.15) is 0 Å². The summed E-state index contributed by atoms with van der Waals surface area (Å²) in [6, 6.07) is 6.03. The third-order valence-corrected chi connectivity index (χ3v) is 3.80. The Balaban J connectivity index is 2.08. The second-order valence-corrected chi connectivity index (χ2v) is 6.95. The number of rotatable bonds is 2. The maximum atomic E-state index is 11.9. The van der Waals surface area contributed by atoms with Crippen molar-refractivity contribution in [3.8, 4) is 0 Å². The number of hydrogen-bond acceptors (Lipinski definition) is 3. The highest BCUT2D eigenvalue weighted by Gasteiger charge is 2.32. The Hall–Kier alpha value is -1.26. The van der Waals surface area contributed by atoms with Crippen molar-refractivity contribution < 1.29 is 9.53 Å². The molecule has 2 N–H and O–H groups in total. The lowest BCUT2D eigenvalue weighted by molar-refractivity contribution is 0.0504. The lowest BCUT2D eigenvalue weighted by Gasteiger charge is -2.25. The van der Waals surface area contributed by atoms with E-state index in [4.69, 9.17) is 16.3 Å². The van der Waals surface area contributed by atoms with Gasteiger partial charge in [0.1, 0.15) is 5.60 Å². The van der Waals surface area contributed by atoms with E-state index in [1.807, 2.05) is 45.9 Å². The van der Waals surface area contributed by atoms with Crippen molar-refractivity contribution in [1.82, 2.24) is 10.6 Å². The highest BCUT2D eigenvalue weighted by atomic mass is 35.5. The SMILES string of the molecule is Cc1ccc([C@H]2CNC[C@@H]2NC(=O)OC(C)(C)C)c(Cl)c1. The van der Waals surface area contributed by atoms with Gasteiger partial charge < -0.3 is 15.4 Å². The van der Waals surface area contributed by atoms with Crippen LogP contribution in [0.3, 0.4) is 0 Å². The average Bonchev–Trinajstić information content (AvgIpc) is 2.74. The van der Waals surface area contributed by atoms with E-state index in [2.05, 4.69) is 10.6 Å². The largest absolute Gasteiger partial charge is 0.444 e. The molecule has 1 saturated heterocycles. The summed E-state index contributed by atoms with van der Waals surface area (Å²) in [5.41, 5.74) is 1.70. The quantitative estimate of drug-likeness (QED) is 0.882. The fourth-order valence-corrected chi connectivity index (χ4v) is 2.92. The van der Waals surface area contributed by atoms with Crippen LogP contribution in [0.15, 0.2) is 18.2 Å². The molecule has 4 nitrogen and oxygen atoms in total. The van der Waals surface area contributed by atoms with E-state index in [-0.39, 0.29) is 18.1 Å². The van der Waals surface area contributed by atoms with Crippen LogP contribution < -0.4 is 10.6 Å². The predicted molar refractivity (Wildman–Crippen MR) is 85.0 cm³/mol. The second-order valence-electron chi connectivity index (χ2n) is 6.54. The Morgan fingerprint density at radius 2 is 2.10 bits per heavy atom. The van der Waals surface area contributed by atoms with Gasteiger partial charge in [0.05, 0.1) is 6.04 Å². The van der Waals surface area contributed by atoms with E-state index < -0.39 is 5.60 Å². The van der Waals surface area contributed by atoms with E-state index in [1.54, 1.807) is 0 Å². The molecule has 1 fully saturated rings. The van der Waals surface area contributed by atoms with E-state index in [1.165, 1.54) is 0 Å². The summed E-state index contributed by atoms with van der Waals surface area (Å²) in [6.07, 6.45) is -0.385. The molecule has 0 aliphatic carbocycles. The molecule has 2 atom stereocenters. The smallest absolute Gasteiger partial charge is 0.407 e. The van der Waals surface area contributed by atoms with Crippen molar-refractivity contribution >= 4 is 17.7 Å². The molecule has 1 aromatic rings. The Kier molecular flexibility index (Phi) is 4.79. The summed E-state index contributed by atoms with van der Waals surface area (Å²) in [6.45, 7) is 9.09. The van der Waals surface area contributed by atoms with Crippen molar-refractivity contribution in [3.63, 3.8) is 0 Å². The van der Waals surface area contributed by atoms with Gasteiger partial charge in [0.25, 0.3) is 0 Å². The Bertz CT molecular complexity index is 525. The van der Waals surface area contributed by atoms with Crippen LogP contribution in [0.1, 0.15) is 37.8 Å². The summed E-state index contributed by atoms with van der Waals surface area (Å²) in [7, 11) is 0. The minimum atomic E-state index is -0.493. The number of benzene rings is 1. The highest BCUT2D eigenvalue weighted by molar-refractivity contribution is 6.31. The molecule has 5 heteroatoms. The van der Waals surface area contributed by atoms with Crippen molar-refractivity contribution in [2.24, 2.45) is 0 Å². The first-order chi connectivity index (χ1) is 9.76. The van der Waals surface area contributed by atoms with Crippen LogP contribution in [0.4, 0.5) is 4.79 Å². The Labute approximate surface area is 131 Å². The van der Waals surface area contributed by atoms with Gasteiger partial charge in [-0.25, -0.2) is 4.79 Å². The fraction of sp³-hybridized carbons (Fsp3) is 0.562. The number of alkyl carbamates (subject to hydrolysis) is 1. The molecule has 1 amide bonds. The summed E-state index contributed by atoms with van der Waals surface area (Å²) < 4.78 is 5.32. The molecule has 0 aromatic heterocycles. The molecular formula is C16H23ClN2O2. The minimum Gasteiger partial charge on any atom is -0.444 e. The van der Waals surface area contributed by atoms with E-state index in [0.717, 1.165) is 22.7 Å². The molecule has 0 unspecified atom stereocenters. The fourth-order valence-electron chi connectivity index (χ4n) is 2.55. The third kappa shape index (κ3) is 4.35. The maximum Gasteiger partial charge on any atom is 0.407 e. The summed E-state index contributed by atoms with van der Waals surface area (Å²) in [5, 5.41) is 7.00. The number of ether oxygens (including phenoxy) is 1. The van der Waals surface area contributed by atoms with Gasteiger partial charge in [0.15, 0.2) is 0 Å². The Morgan fingerprint density at radius 1 is 1.38 bits per heavy atom. The number of aryl methyl sites for hydroxylation is 1. The van der Waals surface area contributed by atoms with Crippen LogP contribution in [-0.4, -0.2) is 30.8 Å². The molecule has 1 aliphatic heterocycles. The predicted octanol–water partition coefficient (Wildman–Crippen LogP) is 3.23. The van der Waals surface area contributed by atoms with Gasteiger partial charge in [-0.3, -0.25) is 0 Å². The van der Waals surface area contributed by atoms with E-state index in [0.29, 0.717) is 6.54 Å². The number of amides is 1. The molecule has 116 valence electrons. The second kappa shape index (κ2) is 6.24. The van der Waals surface area contributed by atoms with Crippen LogP contribution in [0.2, 0.25) is 5.02 Å². The number of carbonyl (C=O) groups excluding carboxylic acids is 1. The van der Waals surface area contributed by atoms with Crippen LogP contribution in [0.5, 0.6) is 0 Å². The molecule has 0 saturated carbocycles. The molecule has 1 aliphatic rings. The first kappa shape index (κ1) is 16.1. The van der Waals surface area contributed by atoms with Gasteiger partial charge >= 0.3 is 6.09 Å². The highest BCUT2D eigenvalue weighted by Crippen LogP contribution is 2.30. The molecule has 0 bridgehead atoms. The molecule has 0 radical (unpaired) electrons. The molecular weight excluding hydrogens is 288 g/mol. The zero-order valence-corrected chi connectivity index (χ0v) is 13.8. The van der Waals surface area contributed by atoms with Crippen LogP contribution in [0.25, 0.3) is 0 Å². The molecule has 2 rings (SSSR count). The summed E-state index contributed by atoms with van der Waals surface area (Å²) in [5.74, 6) is 0.158. The number of hydrogen-bond donors (Lipinski definition) is 2. The third-order valence-electron chi connectivity index (χ3n) is 3.47. The zero-order valence-electron chi connectivity index (χ0n) is 13.0. The van der Waals surface area contributed by atoms with Crippen LogP contribution in [0, 0.1) is 6.92 Å². The standard InChI is InChI=1S/C16H23ClN2O2/c1-10-5-6-11(13(17)7-10)12-8-18-9-14(12)19-15(20)21-16(2,3)4/h5-7,12,14,18H,8-9H2,1-4H3,(H,19,20)/t12-,14+/m1/s1. The maximum absolute atomic E-state index is 11.9. The lowest BCUT2D eigenvalue weighted by atomic mass is 9.93. The molecule has 1 aromatic carbocycles. The van der Waals surface area contributed by atoms with Crippen LogP contribution >= 0.6 is 11.6 Å². The normalized spacial score (nSPS) is 22.1. The van der Waals surface area contributed by atoms with Gasteiger partial charge in [0, 0.05) is 24.0 Å². The van der Waals surface area contributed by atoms with Crippen molar-refractivity contribution in [3.05, 3.63) is 34.3 Å². The summed E-state index contributed by atoms with van der Waals surface area (Å²) >= 11 is 6.35. The first-order valence-electron chi connectivity index (χ1n) is 7.22. The van der Waals surface area contributed by atoms with Crippen LogP contribution in [-0.2, 0) is 4.74 Å². The Morgan fingerprint density at radius 3 is 2.71 bits per heavy atom. The van der Waals surface area contributed by atoms with Gasteiger partial charge in [-0.1, -0.05) is 23.7 Å². The first-order valence-corrected chi connectivity index (χ1v) is 7.60. The number of nitrogens with one attached hydrogen (secondary N) is 2. The monoisotopic (exact) mass is 310 g/mol.